The number of hydrogen-bond acceptors (Lipinski definition) is 4. The molecule has 2 rings (SSSR count). The van der Waals surface area contributed by atoms with E-state index in [0.29, 0.717) is 11.7 Å². The molecule has 1 heterocycles. The molecule has 17 heavy (non-hydrogen) atoms. The first-order chi connectivity index (χ1) is 8.19. The largest absolute Gasteiger partial charge is 0.326 e. The Morgan fingerprint density at radius 2 is 2.24 bits per heavy atom. The lowest BCUT2D eigenvalue weighted by molar-refractivity contribution is 0.935. The molecular weight excluding hydrogens is 234 g/mol. The summed E-state index contributed by atoms with van der Waals surface area (Å²) < 4.78 is 0. The predicted octanol–water partition coefficient (Wildman–Crippen LogP) is 1.69. The van der Waals surface area contributed by atoms with Crippen molar-refractivity contribution in [2.24, 2.45) is 5.73 Å². The Bertz CT molecular complexity index is 580. The SMILES string of the molecule is Cc1cc(CN)ccc1Sc1nccc(=O)[nH]1. The molecule has 1 aromatic carbocycles. The number of aromatic nitrogens is 2. The van der Waals surface area contributed by atoms with Gasteiger partial charge in [0.15, 0.2) is 5.16 Å². The van der Waals surface area contributed by atoms with E-state index < -0.39 is 0 Å². The molecule has 0 aliphatic rings. The number of H-pyrrole nitrogens is 1. The maximum Gasteiger partial charge on any atom is 0.251 e. The summed E-state index contributed by atoms with van der Waals surface area (Å²) in [6, 6.07) is 7.42. The van der Waals surface area contributed by atoms with Crippen molar-refractivity contribution in [2.45, 2.75) is 23.5 Å². The second-order valence-corrected chi connectivity index (χ2v) is 4.68. The number of nitrogens with two attached hydrogens (primary N) is 1. The summed E-state index contributed by atoms with van der Waals surface area (Å²) in [6.07, 6.45) is 1.50. The quantitative estimate of drug-likeness (QED) is 0.810. The molecule has 0 saturated heterocycles. The van der Waals surface area contributed by atoms with Gasteiger partial charge in [0, 0.05) is 23.7 Å². The second kappa shape index (κ2) is 5.16. The minimum Gasteiger partial charge on any atom is -0.326 e. The lowest BCUT2D eigenvalue weighted by atomic mass is 10.1. The highest BCUT2D eigenvalue weighted by molar-refractivity contribution is 7.99. The average Bonchev–Trinajstić information content (AvgIpc) is 2.32. The zero-order valence-corrected chi connectivity index (χ0v) is 10.3. The van der Waals surface area contributed by atoms with Gasteiger partial charge in [0.25, 0.3) is 5.56 Å². The van der Waals surface area contributed by atoms with E-state index in [1.807, 2.05) is 25.1 Å². The summed E-state index contributed by atoms with van der Waals surface area (Å²) in [7, 11) is 0. The van der Waals surface area contributed by atoms with Gasteiger partial charge in [-0.3, -0.25) is 4.79 Å². The van der Waals surface area contributed by atoms with Gasteiger partial charge in [0.2, 0.25) is 0 Å². The maximum atomic E-state index is 11.1. The van der Waals surface area contributed by atoms with Crippen LogP contribution in [0.4, 0.5) is 0 Å². The Hall–Kier alpha value is -1.59. The fraction of sp³-hybridized carbons (Fsp3) is 0.167. The molecule has 0 bridgehead atoms. The molecule has 0 amide bonds. The second-order valence-electron chi connectivity index (χ2n) is 3.65. The third kappa shape index (κ3) is 2.95. The lowest BCUT2D eigenvalue weighted by Gasteiger charge is -2.06. The predicted molar refractivity (Wildman–Crippen MR) is 68.1 cm³/mol. The first-order valence-corrected chi connectivity index (χ1v) is 6.03. The average molecular weight is 247 g/mol. The van der Waals surface area contributed by atoms with Gasteiger partial charge in [-0.15, -0.1) is 0 Å². The number of hydrogen-bond donors (Lipinski definition) is 2. The van der Waals surface area contributed by atoms with Crippen molar-refractivity contribution in [3.05, 3.63) is 51.9 Å². The molecule has 2 aromatic rings. The zero-order chi connectivity index (χ0) is 12.3. The van der Waals surface area contributed by atoms with Crippen LogP contribution in [0.15, 0.2) is 45.3 Å². The Kier molecular flexibility index (Phi) is 3.61. The molecule has 1 aromatic heterocycles. The van der Waals surface area contributed by atoms with Crippen molar-refractivity contribution in [3.63, 3.8) is 0 Å². The molecule has 0 spiro atoms. The highest BCUT2D eigenvalue weighted by Gasteiger charge is 2.03. The van der Waals surface area contributed by atoms with Crippen LogP contribution in [0.3, 0.4) is 0 Å². The number of rotatable bonds is 3. The Morgan fingerprint density at radius 1 is 1.41 bits per heavy atom. The van der Waals surface area contributed by atoms with E-state index in [2.05, 4.69) is 9.97 Å². The summed E-state index contributed by atoms with van der Waals surface area (Å²) in [5.41, 5.74) is 7.66. The third-order valence-corrected chi connectivity index (χ3v) is 3.41. The van der Waals surface area contributed by atoms with Crippen LogP contribution in [0.25, 0.3) is 0 Å². The molecule has 0 atom stereocenters. The molecule has 3 N–H and O–H groups in total. The Labute approximate surface area is 103 Å². The molecule has 88 valence electrons. The van der Waals surface area contributed by atoms with Gasteiger partial charge in [0.1, 0.15) is 0 Å². The third-order valence-electron chi connectivity index (χ3n) is 2.33. The minimum absolute atomic E-state index is 0.140. The van der Waals surface area contributed by atoms with Crippen LogP contribution in [0.1, 0.15) is 11.1 Å². The van der Waals surface area contributed by atoms with Crippen LogP contribution in [0, 0.1) is 6.92 Å². The first-order valence-electron chi connectivity index (χ1n) is 5.22. The number of aromatic amines is 1. The van der Waals surface area contributed by atoms with E-state index in [-0.39, 0.29) is 5.56 Å². The van der Waals surface area contributed by atoms with Crippen LogP contribution in [-0.2, 0) is 6.54 Å². The number of nitrogens with one attached hydrogen (secondary N) is 1. The highest BCUT2D eigenvalue weighted by Crippen LogP contribution is 2.27. The standard InChI is InChI=1S/C12H13N3OS/c1-8-6-9(7-13)2-3-10(8)17-12-14-5-4-11(16)15-12/h2-6H,7,13H2,1H3,(H,14,15,16). The molecular formula is C12H13N3OS. The lowest BCUT2D eigenvalue weighted by Crippen LogP contribution is -2.05. The van der Waals surface area contributed by atoms with Gasteiger partial charge < -0.3 is 10.7 Å². The summed E-state index contributed by atoms with van der Waals surface area (Å²) in [6.45, 7) is 2.55. The van der Waals surface area contributed by atoms with Crippen LogP contribution in [0.2, 0.25) is 0 Å². The maximum absolute atomic E-state index is 11.1. The summed E-state index contributed by atoms with van der Waals surface area (Å²) in [4.78, 5) is 19.0. The first kappa shape index (κ1) is 11.9. The number of benzene rings is 1. The van der Waals surface area contributed by atoms with E-state index in [1.165, 1.54) is 24.0 Å². The van der Waals surface area contributed by atoms with E-state index in [4.69, 9.17) is 5.73 Å². The van der Waals surface area contributed by atoms with E-state index >= 15 is 0 Å². The van der Waals surface area contributed by atoms with E-state index in [1.54, 1.807) is 0 Å². The van der Waals surface area contributed by atoms with Gasteiger partial charge in [-0.2, -0.15) is 0 Å². The van der Waals surface area contributed by atoms with Crippen molar-refractivity contribution in [1.82, 2.24) is 9.97 Å². The van der Waals surface area contributed by atoms with Crippen LogP contribution in [0.5, 0.6) is 0 Å². The normalized spacial score (nSPS) is 10.5. The topological polar surface area (TPSA) is 71.8 Å². The molecule has 0 aliphatic carbocycles. The van der Waals surface area contributed by atoms with Crippen LogP contribution in [-0.4, -0.2) is 9.97 Å². The molecule has 0 saturated carbocycles. The van der Waals surface area contributed by atoms with E-state index in [9.17, 15) is 4.79 Å². The van der Waals surface area contributed by atoms with Gasteiger partial charge in [-0.1, -0.05) is 23.9 Å². The molecule has 4 nitrogen and oxygen atoms in total. The summed E-state index contributed by atoms with van der Waals surface area (Å²) >= 11 is 1.44. The fourth-order valence-corrected chi connectivity index (χ4v) is 2.29. The Balaban J connectivity index is 2.27. The van der Waals surface area contributed by atoms with Gasteiger partial charge >= 0.3 is 0 Å². The van der Waals surface area contributed by atoms with Gasteiger partial charge in [-0.25, -0.2) is 4.98 Å². The zero-order valence-electron chi connectivity index (χ0n) is 9.43. The highest BCUT2D eigenvalue weighted by atomic mass is 32.2. The molecule has 0 radical (unpaired) electrons. The van der Waals surface area contributed by atoms with Crippen molar-refractivity contribution < 1.29 is 0 Å². The van der Waals surface area contributed by atoms with Crippen molar-refractivity contribution in [3.8, 4) is 0 Å². The van der Waals surface area contributed by atoms with Gasteiger partial charge in [-0.05, 0) is 24.1 Å². The number of aryl methyl sites for hydroxylation is 1. The molecule has 5 heteroatoms. The van der Waals surface area contributed by atoms with Crippen LogP contribution < -0.4 is 11.3 Å². The van der Waals surface area contributed by atoms with Crippen molar-refractivity contribution in [2.75, 3.05) is 0 Å². The van der Waals surface area contributed by atoms with Crippen molar-refractivity contribution >= 4 is 11.8 Å². The summed E-state index contributed by atoms with van der Waals surface area (Å²) in [5.74, 6) is 0. The van der Waals surface area contributed by atoms with Crippen LogP contribution >= 0.6 is 11.8 Å². The monoisotopic (exact) mass is 247 g/mol. The Morgan fingerprint density at radius 3 is 2.88 bits per heavy atom. The number of nitrogens with zero attached hydrogens (tertiary/aromatic N) is 1. The minimum atomic E-state index is -0.140. The summed E-state index contributed by atoms with van der Waals surface area (Å²) in [5, 5.41) is 0.598. The molecule has 0 aliphatic heterocycles. The van der Waals surface area contributed by atoms with E-state index in [0.717, 1.165) is 16.0 Å². The smallest absolute Gasteiger partial charge is 0.251 e. The molecule has 0 fully saturated rings. The fourth-order valence-electron chi connectivity index (χ4n) is 1.46. The molecule has 0 unspecified atom stereocenters. The van der Waals surface area contributed by atoms with Gasteiger partial charge in [0.05, 0.1) is 0 Å². The van der Waals surface area contributed by atoms with Crippen molar-refractivity contribution in [1.29, 1.82) is 0 Å².